The van der Waals surface area contributed by atoms with E-state index in [4.69, 9.17) is 11.6 Å². The predicted molar refractivity (Wildman–Crippen MR) is 144 cm³/mol. The number of nitro groups is 1. The van der Waals surface area contributed by atoms with Crippen molar-refractivity contribution < 1.29 is 9.72 Å². The van der Waals surface area contributed by atoms with E-state index in [1.165, 1.54) is 0 Å². The van der Waals surface area contributed by atoms with Gasteiger partial charge >= 0.3 is 0 Å². The number of aromatic nitrogens is 1. The van der Waals surface area contributed by atoms with Crippen molar-refractivity contribution in [2.24, 2.45) is 0 Å². The van der Waals surface area contributed by atoms with Gasteiger partial charge in [0.05, 0.1) is 16.2 Å². The zero-order chi connectivity index (χ0) is 26.2. The molecule has 0 aliphatic carbocycles. The molecule has 2 aromatic heterocycles. The number of hydrogen-bond donors (Lipinski definition) is 2. The first-order valence-electron chi connectivity index (χ1n) is 12.2. The second-order valence-corrected chi connectivity index (χ2v) is 10.4. The Bertz CT molecular complexity index is 1050. The van der Waals surface area contributed by atoms with Gasteiger partial charge in [0.1, 0.15) is 5.15 Å². The number of thiophene rings is 1. The van der Waals surface area contributed by atoms with Gasteiger partial charge in [0.2, 0.25) is 0 Å². The van der Waals surface area contributed by atoms with Crippen molar-refractivity contribution in [3.63, 3.8) is 0 Å². The smallest absolute Gasteiger partial charge is 0.274 e. The molecule has 0 aromatic carbocycles. The standard InChI is InChI=1S/C25H35ClN6O3S/c1-17-13-22(26)29-19(3)24(17)25(33)28-9-5-18(2)30-10-6-21(7-11-30)31(14-20-8-12-36-16-20)23(27-4)15-32(34)35/h8,12-13,15-16,18,21,27H,5-7,9-11,14H2,1-4H3,(H,28,33)/t18-/m1/s1. The van der Waals surface area contributed by atoms with Gasteiger partial charge in [-0.1, -0.05) is 11.6 Å². The van der Waals surface area contributed by atoms with Crippen molar-refractivity contribution in [1.29, 1.82) is 0 Å². The Kier molecular flexibility index (Phi) is 10.1. The van der Waals surface area contributed by atoms with Crippen LogP contribution in [0.15, 0.2) is 34.9 Å². The number of likely N-dealkylation sites (tertiary alicyclic amines) is 1. The van der Waals surface area contributed by atoms with Crippen LogP contribution in [-0.2, 0) is 6.54 Å². The predicted octanol–water partition coefficient (Wildman–Crippen LogP) is 4.18. The van der Waals surface area contributed by atoms with E-state index in [9.17, 15) is 14.9 Å². The minimum atomic E-state index is -0.402. The summed E-state index contributed by atoms with van der Waals surface area (Å²) in [5.41, 5.74) is 3.19. The van der Waals surface area contributed by atoms with Gasteiger partial charge in [0.25, 0.3) is 12.1 Å². The van der Waals surface area contributed by atoms with E-state index in [2.05, 4.69) is 43.8 Å². The Morgan fingerprint density at radius 1 is 1.42 bits per heavy atom. The summed E-state index contributed by atoms with van der Waals surface area (Å²) >= 11 is 7.61. The van der Waals surface area contributed by atoms with E-state index in [1.54, 1.807) is 31.4 Å². The number of carbonyl (C=O) groups excluding carboxylic acids is 1. The molecule has 1 saturated heterocycles. The van der Waals surface area contributed by atoms with E-state index in [0.29, 0.717) is 41.4 Å². The molecular formula is C25H35ClN6O3S. The van der Waals surface area contributed by atoms with Crippen molar-refractivity contribution in [3.05, 3.63) is 72.6 Å². The summed E-state index contributed by atoms with van der Waals surface area (Å²) < 4.78 is 0. The molecule has 196 valence electrons. The third-order valence-corrected chi connectivity index (χ3v) is 7.66. The Morgan fingerprint density at radius 2 is 2.14 bits per heavy atom. The van der Waals surface area contributed by atoms with Gasteiger partial charge in [-0.2, -0.15) is 11.3 Å². The van der Waals surface area contributed by atoms with E-state index in [0.717, 1.165) is 49.7 Å². The molecule has 3 rings (SSSR count). The number of nitrogens with zero attached hydrogens (tertiary/aromatic N) is 4. The molecular weight excluding hydrogens is 500 g/mol. The fraction of sp³-hybridized carbons (Fsp3) is 0.520. The summed E-state index contributed by atoms with van der Waals surface area (Å²) in [5.74, 6) is 0.406. The lowest BCUT2D eigenvalue weighted by molar-refractivity contribution is -0.404. The molecule has 0 bridgehead atoms. The second kappa shape index (κ2) is 13.0. The molecule has 1 amide bonds. The third-order valence-electron chi connectivity index (χ3n) is 6.73. The average molecular weight is 535 g/mol. The van der Waals surface area contributed by atoms with E-state index in [1.807, 2.05) is 12.3 Å². The number of nitrogens with one attached hydrogen (secondary N) is 2. The molecule has 1 fully saturated rings. The van der Waals surface area contributed by atoms with E-state index >= 15 is 0 Å². The molecule has 36 heavy (non-hydrogen) atoms. The van der Waals surface area contributed by atoms with Crippen LogP contribution >= 0.6 is 22.9 Å². The first-order valence-corrected chi connectivity index (χ1v) is 13.5. The van der Waals surface area contributed by atoms with Gasteiger partial charge in [0.15, 0.2) is 5.82 Å². The first kappa shape index (κ1) is 27.9. The number of carbonyl (C=O) groups is 1. The van der Waals surface area contributed by atoms with Gasteiger partial charge in [-0.3, -0.25) is 14.9 Å². The molecule has 3 heterocycles. The normalized spacial score (nSPS) is 16.0. The summed E-state index contributed by atoms with van der Waals surface area (Å²) in [6, 6.07) is 4.28. The summed E-state index contributed by atoms with van der Waals surface area (Å²) in [4.78, 5) is 32.3. The Labute approximate surface area is 221 Å². The summed E-state index contributed by atoms with van der Waals surface area (Å²) in [7, 11) is 1.73. The lowest BCUT2D eigenvalue weighted by Gasteiger charge is -2.41. The number of pyridine rings is 1. The van der Waals surface area contributed by atoms with Gasteiger partial charge in [-0.15, -0.1) is 0 Å². The number of piperidine rings is 1. The van der Waals surface area contributed by atoms with Crippen LogP contribution in [0.5, 0.6) is 0 Å². The second-order valence-electron chi connectivity index (χ2n) is 9.19. The molecule has 0 unspecified atom stereocenters. The van der Waals surface area contributed by atoms with Crippen molar-refractivity contribution in [2.75, 3.05) is 26.7 Å². The molecule has 2 N–H and O–H groups in total. The molecule has 9 nitrogen and oxygen atoms in total. The van der Waals surface area contributed by atoms with E-state index in [-0.39, 0.29) is 11.9 Å². The maximum absolute atomic E-state index is 12.7. The summed E-state index contributed by atoms with van der Waals surface area (Å²) in [5, 5.41) is 21.8. The Hall–Kier alpha value is -2.69. The largest absolute Gasteiger partial charge is 0.370 e. The maximum atomic E-state index is 12.7. The number of aryl methyl sites for hydroxylation is 2. The first-order chi connectivity index (χ1) is 17.2. The molecule has 0 radical (unpaired) electrons. The average Bonchev–Trinajstić information content (AvgIpc) is 3.34. The van der Waals surface area contributed by atoms with Gasteiger partial charge < -0.3 is 20.4 Å². The number of rotatable bonds is 11. The molecule has 1 aliphatic heterocycles. The van der Waals surface area contributed by atoms with Crippen molar-refractivity contribution >= 4 is 28.8 Å². The highest BCUT2D eigenvalue weighted by molar-refractivity contribution is 7.07. The highest BCUT2D eigenvalue weighted by atomic mass is 35.5. The molecule has 2 aromatic rings. The summed E-state index contributed by atoms with van der Waals surface area (Å²) in [6.45, 7) is 8.84. The zero-order valence-electron chi connectivity index (χ0n) is 21.3. The fourth-order valence-corrected chi connectivity index (χ4v) is 5.75. The monoisotopic (exact) mass is 534 g/mol. The van der Waals surface area contributed by atoms with Crippen LogP contribution in [0.25, 0.3) is 0 Å². The van der Waals surface area contributed by atoms with Crippen LogP contribution in [0, 0.1) is 24.0 Å². The molecule has 0 spiro atoms. The number of amides is 1. The third kappa shape index (κ3) is 7.41. The molecule has 11 heteroatoms. The van der Waals surface area contributed by atoms with Crippen LogP contribution < -0.4 is 10.6 Å². The minimum absolute atomic E-state index is 0.124. The lowest BCUT2D eigenvalue weighted by Crippen LogP contribution is -2.48. The van der Waals surface area contributed by atoms with Crippen molar-refractivity contribution in [2.45, 2.75) is 58.7 Å². The van der Waals surface area contributed by atoms with Gasteiger partial charge in [-0.05, 0) is 74.1 Å². The molecule has 1 aliphatic rings. The van der Waals surface area contributed by atoms with Crippen LogP contribution in [-0.4, -0.2) is 64.4 Å². The Balaban J connectivity index is 1.54. The number of hydrogen-bond acceptors (Lipinski definition) is 8. The highest BCUT2D eigenvalue weighted by Crippen LogP contribution is 2.25. The van der Waals surface area contributed by atoms with Gasteiger partial charge in [-0.25, -0.2) is 4.98 Å². The highest BCUT2D eigenvalue weighted by Gasteiger charge is 2.29. The fourth-order valence-electron chi connectivity index (χ4n) is 4.80. The molecule has 1 atom stereocenters. The van der Waals surface area contributed by atoms with Crippen LogP contribution in [0.3, 0.4) is 0 Å². The summed E-state index contributed by atoms with van der Waals surface area (Å²) in [6.07, 6.45) is 3.71. The molecule has 0 saturated carbocycles. The topological polar surface area (TPSA) is 104 Å². The van der Waals surface area contributed by atoms with E-state index < -0.39 is 4.92 Å². The van der Waals surface area contributed by atoms with Gasteiger partial charge in [0, 0.05) is 45.3 Å². The SMILES string of the molecule is CNC(=C[N+](=O)[O-])N(Cc1ccsc1)C1CCN([C@H](C)CCNC(=O)c2c(C)cc(Cl)nc2C)CC1. The lowest BCUT2D eigenvalue weighted by atomic mass is 10.00. The van der Waals surface area contributed by atoms with Crippen molar-refractivity contribution in [1.82, 2.24) is 25.4 Å². The Morgan fingerprint density at radius 3 is 2.72 bits per heavy atom. The number of halogens is 1. The quantitative estimate of drug-likeness (QED) is 0.253. The van der Waals surface area contributed by atoms with Crippen LogP contribution in [0.1, 0.15) is 53.4 Å². The minimum Gasteiger partial charge on any atom is -0.370 e. The van der Waals surface area contributed by atoms with Crippen molar-refractivity contribution in [3.8, 4) is 0 Å². The van der Waals surface area contributed by atoms with Crippen LogP contribution in [0.4, 0.5) is 0 Å². The maximum Gasteiger partial charge on any atom is 0.274 e. The zero-order valence-corrected chi connectivity index (χ0v) is 22.9. The van der Waals surface area contributed by atoms with Crippen LogP contribution in [0.2, 0.25) is 5.15 Å².